The maximum atomic E-state index is 14.2. The number of alkyl halides is 3. The van der Waals surface area contributed by atoms with E-state index in [-0.39, 0.29) is 41.9 Å². The van der Waals surface area contributed by atoms with Crippen LogP contribution in [0, 0.1) is 23.4 Å². The number of halogens is 6. The Morgan fingerprint density at radius 2 is 1.77 bits per heavy atom. The number of amides is 1. The molecule has 0 fully saturated rings. The number of rotatable bonds is 9. The maximum Gasteiger partial charge on any atom is 0.435 e. The first-order valence-electron chi connectivity index (χ1n) is 13.5. The van der Waals surface area contributed by atoms with Crippen molar-refractivity contribution in [2.75, 3.05) is 0 Å². The van der Waals surface area contributed by atoms with Gasteiger partial charge in [-0.1, -0.05) is 19.1 Å². The molecule has 4 aromatic rings. The fourth-order valence-corrected chi connectivity index (χ4v) is 5.74. The van der Waals surface area contributed by atoms with Gasteiger partial charge in [0.15, 0.2) is 11.5 Å². The van der Waals surface area contributed by atoms with Crippen LogP contribution in [-0.2, 0) is 36.8 Å². The van der Waals surface area contributed by atoms with Gasteiger partial charge < -0.3 is 5.73 Å². The van der Waals surface area contributed by atoms with E-state index in [1.54, 1.807) is 12.1 Å². The normalized spacial score (nSPS) is 15.4. The Kier molecular flexibility index (Phi) is 8.13. The monoisotopic (exact) mass is 600 g/mol. The topological polar surface area (TPSA) is 90.9 Å². The van der Waals surface area contributed by atoms with E-state index in [2.05, 4.69) is 10.1 Å². The summed E-state index contributed by atoms with van der Waals surface area (Å²) in [5, 5.41) is 3.74. The highest BCUT2D eigenvalue weighted by atomic mass is 19.4. The summed E-state index contributed by atoms with van der Waals surface area (Å²) in [7, 11) is 0. The second-order valence-electron chi connectivity index (χ2n) is 10.9. The molecule has 0 saturated carbocycles. The lowest BCUT2D eigenvalue weighted by Gasteiger charge is -2.20. The fraction of sp³-hybridized carbons (Fsp3) is 0.290. The smallest absolute Gasteiger partial charge is 0.366 e. The number of benzene rings is 2. The summed E-state index contributed by atoms with van der Waals surface area (Å²) in [5.74, 6) is -4.80. The molecule has 2 N–H and O–H groups in total. The second-order valence-corrected chi connectivity index (χ2v) is 10.9. The molecule has 0 spiro atoms. The predicted molar refractivity (Wildman–Crippen MR) is 144 cm³/mol. The van der Waals surface area contributed by atoms with Crippen molar-refractivity contribution >= 4 is 11.7 Å². The van der Waals surface area contributed by atoms with Crippen LogP contribution < -0.4 is 5.73 Å². The van der Waals surface area contributed by atoms with Crippen molar-refractivity contribution < 1.29 is 35.9 Å². The number of nitrogens with two attached hydrogens (primary N) is 1. The number of carbonyl (C=O) groups is 2. The van der Waals surface area contributed by atoms with Crippen molar-refractivity contribution in [3.05, 3.63) is 106 Å². The molecular weight excluding hydrogens is 574 g/mol. The molecule has 2 aromatic heterocycles. The van der Waals surface area contributed by atoms with Gasteiger partial charge in [0.25, 0.3) is 5.91 Å². The Morgan fingerprint density at radius 3 is 2.44 bits per heavy atom. The van der Waals surface area contributed by atoms with E-state index >= 15 is 0 Å². The standard InChI is InChI=1S/C31H26F6N4O2/c1-16-7-25-27(8-16)41(40-29(25)31(35,36)37)15-22(42)12-19(9-17-10-20(32)14-21(33)11-17)28-23(3-2-6-39-28)18-4-5-26(34)24(13-18)30(38)43/h2-6,10-11,13-14,16,19H,7-9,12,15H2,1H3,(H2,38,43)/t16?,19-/m1/s1. The van der Waals surface area contributed by atoms with Gasteiger partial charge in [-0.15, -0.1) is 0 Å². The lowest BCUT2D eigenvalue weighted by Crippen LogP contribution is -2.20. The van der Waals surface area contributed by atoms with Crippen LogP contribution in [0.5, 0.6) is 0 Å². The number of Topliss-reactive ketones (excluding diaryl/α,β-unsaturated/α-hetero) is 1. The highest BCUT2D eigenvalue weighted by molar-refractivity contribution is 5.94. The minimum atomic E-state index is -4.67. The van der Waals surface area contributed by atoms with E-state index in [0.29, 0.717) is 35.0 Å². The van der Waals surface area contributed by atoms with Gasteiger partial charge in [0, 0.05) is 41.4 Å². The van der Waals surface area contributed by atoms with E-state index in [1.807, 2.05) is 6.92 Å². The Bertz CT molecular complexity index is 1690. The van der Waals surface area contributed by atoms with Crippen molar-refractivity contribution in [3.63, 3.8) is 0 Å². The summed E-state index contributed by atoms with van der Waals surface area (Å²) in [4.78, 5) is 29.7. The van der Waals surface area contributed by atoms with E-state index < -0.39 is 53.5 Å². The van der Waals surface area contributed by atoms with Crippen LogP contribution in [0.1, 0.15) is 57.8 Å². The predicted octanol–water partition coefficient (Wildman–Crippen LogP) is 6.20. The number of aromatic nitrogens is 3. The van der Waals surface area contributed by atoms with Crippen LogP contribution >= 0.6 is 0 Å². The van der Waals surface area contributed by atoms with Gasteiger partial charge in [0.05, 0.1) is 17.8 Å². The molecule has 1 amide bonds. The van der Waals surface area contributed by atoms with Gasteiger partial charge in [0.1, 0.15) is 17.5 Å². The Labute approximate surface area is 242 Å². The van der Waals surface area contributed by atoms with Crippen LogP contribution in [0.4, 0.5) is 26.3 Å². The molecular formula is C31H26F6N4O2. The third-order valence-corrected chi connectivity index (χ3v) is 7.50. The first-order valence-corrected chi connectivity index (χ1v) is 13.5. The largest absolute Gasteiger partial charge is 0.435 e. The number of fused-ring (bicyclic) bond motifs is 1. The van der Waals surface area contributed by atoms with E-state index in [4.69, 9.17) is 5.73 Å². The zero-order valence-corrected chi connectivity index (χ0v) is 22.9. The van der Waals surface area contributed by atoms with Gasteiger partial charge in [-0.2, -0.15) is 18.3 Å². The zero-order valence-electron chi connectivity index (χ0n) is 22.9. The number of hydrogen-bond acceptors (Lipinski definition) is 4. The Balaban J connectivity index is 1.52. The van der Waals surface area contributed by atoms with E-state index in [9.17, 15) is 35.9 Å². The molecule has 1 aliphatic rings. The van der Waals surface area contributed by atoms with Crippen LogP contribution in [0.25, 0.3) is 11.1 Å². The first kappa shape index (κ1) is 30.0. The first-order chi connectivity index (χ1) is 20.3. The summed E-state index contributed by atoms with van der Waals surface area (Å²) in [5.41, 5.74) is 5.69. The highest BCUT2D eigenvalue weighted by Crippen LogP contribution is 2.39. The SMILES string of the molecule is CC1Cc2c(C(F)(F)F)nn(CC(=O)C[C@@H](Cc3cc(F)cc(F)c3)c3ncccc3-c3ccc(F)c(C(N)=O)c3)c2C1. The van der Waals surface area contributed by atoms with E-state index in [1.165, 1.54) is 18.3 Å². The van der Waals surface area contributed by atoms with Crippen LogP contribution in [0.15, 0.2) is 54.7 Å². The molecule has 0 bridgehead atoms. The molecule has 2 atom stereocenters. The Morgan fingerprint density at radius 1 is 1.05 bits per heavy atom. The lowest BCUT2D eigenvalue weighted by molar-refractivity contribution is -0.142. The number of primary amides is 1. The average molecular weight is 601 g/mol. The molecule has 5 rings (SSSR count). The summed E-state index contributed by atoms with van der Waals surface area (Å²) in [6.07, 6.45) is -3.01. The molecule has 0 saturated heterocycles. The number of hydrogen-bond donors (Lipinski definition) is 1. The number of ketones is 1. The molecule has 12 heteroatoms. The van der Waals surface area contributed by atoms with Gasteiger partial charge in [-0.05, 0) is 66.6 Å². The van der Waals surface area contributed by atoms with Gasteiger partial charge in [-0.3, -0.25) is 19.3 Å². The lowest BCUT2D eigenvalue weighted by atomic mass is 9.86. The molecule has 6 nitrogen and oxygen atoms in total. The summed E-state index contributed by atoms with van der Waals surface area (Å²) < 4.78 is 84.5. The minimum Gasteiger partial charge on any atom is -0.366 e. The molecule has 2 aromatic carbocycles. The fourth-order valence-electron chi connectivity index (χ4n) is 5.74. The maximum absolute atomic E-state index is 14.2. The second kappa shape index (κ2) is 11.7. The van der Waals surface area contributed by atoms with Crippen molar-refractivity contribution in [2.45, 2.75) is 51.2 Å². The molecule has 1 unspecified atom stereocenters. The van der Waals surface area contributed by atoms with Crippen molar-refractivity contribution in [2.24, 2.45) is 11.7 Å². The highest BCUT2D eigenvalue weighted by Gasteiger charge is 2.41. The molecule has 43 heavy (non-hydrogen) atoms. The molecule has 0 radical (unpaired) electrons. The van der Waals surface area contributed by atoms with Gasteiger partial charge in [0.2, 0.25) is 0 Å². The van der Waals surface area contributed by atoms with Crippen LogP contribution in [0.3, 0.4) is 0 Å². The minimum absolute atomic E-state index is 0.0387. The van der Waals surface area contributed by atoms with Crippen molar-refractivity contribution in [1.29, 1.82) is 0 Å². The summed E-state index contributed by atoms with van der Waals surface area (Å²) >= 11 is 0. The van der Waals surface area contributed by atoms with Crippen LogP contribution in [-0.4, -0.2) is 26.5 Å². The zero-order chi connectivity index (χ0) is 31.1. The number of carbonyl (C=O) groups excluding carboxylic acids is 2. The molecule has 0 aliphatic heterocycles. The third kappa shape index (κ3) is 6.47. The molecule has 224 valence electrons. The van der Waals surface area contributed by atoms with Crippen molar-refractivity contribution in [1.82, 2.24) is 14.8 Å². The average Bonchev–Trinajstić information content (AvgIpc) is 3.45. The molecule has 1 aliphatic carbocycles. The summed E-state index contributed by atoms with van der Waals surface area (Å²) in [6.45, 7) is 1.38. The van der Waals surface area contributed by atoms with E-state index in [0.717, 1.165) is 22.9 Å². The van der Waals surface area contributed by atoms with Gasteiger partial charge in [-0.25, -0.2) is 13.2 Å². The van der Waals surface area contributed by atoms with Gasteiger partial charge >= 0.3 is 6.18 Å². The Hall–Kier alpha value is -4.48. The number of pyridine rings is 1. The number of nitrogens with zero attached hydrogens (tertiary/aromatic N) is 3. The quantitative estimate of drug-likeness (QED) is 0.232. The van der Waals surface area contributed by atoms with Crippen molar-refractivity contribution in [3.8, 4) is 11.1 Å². The van der Waals surface area contributed by atoms with Crippen LogP contribution in [0.2, 0.25) is 0 Å². The third-order valence-electron chi connectivity index (χ3n) is 7.50. The summed E-state index contributed by atoms with van der Waals surface area (Å²) in [6, 6.07) is 9.85. The molecule has 2 heterocycles.